The molecular weight excluding hydrogens is 1030 g/mol. The van der Waals surface area contributed by atoms with Gasteiger partial charge in [-0.15, -0.1) is 12.1 Å². The Kier molecular flexibility index (Phi) is 11.8. The van der Waals surface area contributed by atoms with Crippen molar-refractivity contribution in [3.8, 4) is 39.5 Å². The second-order valence-corrected chi connectivity index (χ2v) is 29.4. The van der Waals surface area contributed by atoms with E-state index in [4.69, 9.17) is 16.3 Å². The average molecular weight is 1090 g/mol. The van der Waals surface area contributed by atoms with Crippen molar-refractivity contribution in [2.75, 3.05) is 0 Å². The molecule has 9 aromatic rings. The van der Waals surface area contributed by atoms with Crippen LogP contribution in [0, 0.1) is 30.2 Å². The first-order chi connectivity index (χ1) is 32.0. The maximum absolute atomic E-state index is 15.3. The molecule has 0 aliphatic heterocycles. The van der Waals surface area contributed by atoms with E-state index >= 15 is 4.39 Å². The van der Waals surface area contributed by atoms with Crippen LogP contribution in [-0.4, -0.2) is 32.8 Å². The SMILES string of the molecule is CC(C)c1cc(-c2ccccc2)cc(C(C)C)c1-n1c(-c2[c-]cc(F)c3c2oc2ncccc23)nc2ccccc21.[2H]C([2H])([2H])c1c[c-]c(-c2cc(C([2H])([2H])C(C)(C)C)[c]([Ge]([CH3])([CH3])[CH3])cn2)cc1.[Ir]. The standard InChI is InChI=1S/C36H29FN3O.C20H28GeN.Ir/c1-21(2)27-19-24(23-11-6-5-7-12-23)20-28(22(3)4)33(27)40-31-15-9-8-14-30(31)39-35(40)26-16-17-29(37)32-25-13-10-18-38-36(25)41-34(26)32;1-15-8-10-16(11-9-15)19-12-17(13-20(2,3)4)18(14-22-19)21(5,6)7;/h5-15,17-22H,1-4H3;8-10,12,14H,13H2,1-7H3;/q2*-1;/i;1D3,13D2;. The molecule has 329 valence electrons. The number of rotatable bonds is 8. The fraction of sp³-hybridized carbons (Fsp3) is 0.268. The van der Waals surface area contributed by atoms with Crippen LogP contribution in [0.25, 0.3) is 72.6 Å². The van der Waals surface area contributed by atoms with Crippen molar-refractivity contribution in [3.05, 3.63) is 162 Å². The molecule has 0 aliphatic rings. The summed E-state index contributed by atoms with van der Waals surface area (Å²) in [5, 5.41) is 1.03. The van der Waals surface area contributed by atoms with E-state index < -0.39 is 37.7 Å². The van der Waals surface area contributed by atoms with E-state index in [0.717, 1.165) is 21.1 Å². The van der Waals surface area contributed by atoms with E-state index in [1.807, 2.05) is 63.4 Å². The molecule has 1 radical (unpaired) electrons. The maximum atomic E-state index is 15.3. The molecule has 9 rings (SSSR count). The first kappa shape index (κ1) is 40.3. The molecule has 0 saturated heterocycles. The van der Waals surface area contributed by atoms with E-state index in [1.165, 1.54) is 34.4 Å². The zero-order chi connectivity index (χ0) is 49.1. The van der Waals surface area contributed by atoms with Crippen molar-refractivity contribution in [1.29, 1.82) is 0 Å². The Labute approximate surface area is 401 Å². The summed E-state index contributed by atoms with van der Waals surface area (Å²) < 4.78 is 64.8. The Balaban J connectivity index is 0.000000220. The third-order valence-electron chi connectivity index (χ3n) is 11.1. The minimum Gasteiger partial charge on any atom is 0 e. The second-order valence-electron chi connectivity index (χ2n) is 18.8. The minimum atomic E-state index is -2.36. The van der Waals surface area contributed by atoms with Crippen LogP contribution in [0.5, 0.6) is 0 Å². The quantitative estimate of drug-likeness (QED) is 0.112. The van der Waals surface area contributed by atoms with Crippen LogP contribution >= 0.6 is 0 Å². The second kappa shape index (κ2) is 18.7. The number of hydrogen-bond donors (Lipinski definition) is 0. The van der Waals surface area contributed by atoms with Gasteiger partial charge in [0, 0.05) is 43.2 Å². The van der Waals surface area contributed by atoms with Gasteiger partial charge in [0.25, 0.3) is 0 Å². The summed E-state index contributed by atoms with van der Waals surface area (Å²) in [4.78, 5) is 14.0. The Hall–Kier alpha value is -5.21. The number of halogens is 1. The average Bonchev–Trinajstić information content (AvgIpc) is 3.88. The molecule has 5 nitrogen and oxygen atoms in total. The summed E-state index contributed by atoms with van der Waals surface area (Å²) in [5.74, 6) is 7.42. The van der Waals surface area contributed by atoms with Gasteiger partial charge in [0.2, 0.25) is 5.71 Å². The maximum Gasteiger partial charge on any atom is 0 e. The predicted octanol–water partition coefficient (Wildman–Crippen LogP) is 14.8. The third kappa shape index (κ3) is 9.59. The summed E-state index contributed by atoms with van der Waals surface area (Å²) in [7, 11) is 0. The first-order valence-electron chi connectivity index (χ1n) is 24.1. The van der Waals surface area contributed by atoms with Crippen LogP contribution in [0.4, 0.5) is 4.39 Å². The van der Waals surface area contributed by atoms with Gasteiger partial charge in [0.15, 0.2) is 0 Å². The summed E-state index contributed by atoms with van der Waals surface area (Å²) in [6, 6.07) is 41.0. The van der Waals surface area contributed by atoms with Crippen LogP contribution in [0.15, 0.2) is 126 Å². The molecular formula is C56H57FGeIrN4O-2. The molecule has 5 aromatic carbocycles. The molecule has 4 heterocycles. The van der Waals surface area contributed by atoms with Gasteiger partial charge in [-0.25, -0.2) is 4.98 Å². The summed E-state index contributed by atoms with van der Waals surface area (Å²) in [6.07, 6.45) is 1.95. The van der Waals surface area contributed by atoms with Crippen LogP contribution in [0.3, 0.4) is 0 Å². The Bertz CT molecular complexity index is 3270. The number of nitrogens with zero attached hydrogens (tertiary/aromatic N) is 4. The van der Waals surface area contributed by atoms with Gasteiger partial charge >= 0.3 is 145 Å². The smallest absolute Gasteiger partial charge is 0 e. The molecule has 0 fully saturated rings. The number of aryl methyl sites for hydroxylation is 1. The van der Waals surface area contributed by atoms with E-state index in [0.29, 0.717) is 50.3 Å². The van der Waals surface area contributed by atoms with Crippen molar-refractivity contribution in [2.45, 2.75) is 90.8 Å². The summed E-state index contributed by atoms with van der Waals surface area (Å²) >= 11 is -2.36. The molecule has 0 bridgehead atoms. The predicted molar refractivity (Wildman–Crippen MR) is 263 cm³/mol. The van der Waals surface area contributed by atoms with Gasteiger partial charge in [-0.2, -0.15) is 0 Å². The van der Waals surface area contributed by atoms with Gasteiger partial charge < -0.3 is 8.98 Å². The van der Waals surface area contributed by atoms with Crippen molar-refractivity contribution in [2.24, 2.45) is 5.41 Å². The van der Waals surface area contributed by atoms with Crippen LogP contribution in [0.2, 0.25) is 17.3 Å². The number of imidazole rings is 1. The zero-order valence-electron chi connectivity index (χ0n) is 43.1. The van der Waals surface area contributed by atoms with Crippen LogP contribution < -0.4 is 4.40 Å². The molecule has 0 aliphatic carbocycles. The van der Waals surface area contributed by atoms with Gasteiger partial charge in [0.1, 0.15) is 0 Å². The molecule has 4 aromatic heterocycles. The van der Waals surface area contributed by atoms with Crippen LogP contribution in [-0.2, 0) is 26.5 Å². The molecule has 0 amide bonds. The largest absolute Gasteiger partial charge is 0 e. The van der Waals surface area contributed by atoms with E-state index in [2.05, 4.69) is 114 Å². The molecule has 0 unspecified atom stereocenters. The number of aromatic nitrogens is 4. The van der Waals surface area contributed by atoms with E-state index in [-0.39, 0.29) is 37.5 Å². The molecule has 8 heteroatoms. The summed E-state index contributed by atoms with van der Waals surface area (Å²) in [6.45, 7) is 12.5. The van der Waals surface area contributed by atoms with Gasteiger partial charge in [0.05, 0.1) is 22.4 Å². The Morgan fingerprint density at radius 3 is 2.17 bits per heavy atom. The number of hydrogen-bond acceptors (Lipinski definition) is 4. The molecule has 0 spiro atoms. The number of benzene rings is 5. The van der Waals surface area contributed by atoms with Crippen LogP contribution in [0.1, 0.15) is 89.4 Å². The van der Waals surface area contributed by atoms with Crippen molar-refractivity contribution >= 4 is 50.8 Å². The van der Waals surface area contributed by atoms with E-state index in [9.17, 15) is 0 Å². The number of para-hydroxylation sites is 2. The number of furan rings is 1. The van der Waals surface area contributed by atoms with Gasteiger partial charge in [-0.05, 0) is 75.9 Å². The topological polar surface area (TPSA) is 56.7 Å². The fourth-order valence-corrected chi connectivity index (χ4v) is 11.0. The van der Waals surface area contributed by atoms with Gasteiger partial charge in [-0.3, -0.25) is 9.37 Å². The molecule has 64 heavy (non-hydrogen) atoms. The third-order valence-corrected chi connectivity index (χ3v) is 15.3. The molecule has 0 saturated carbocycles. The van der Waals surface area contributed by atoms with Gasteiger partial charge in [-0.1, -0.05) is 75.7 Å². The number of pyridine rings is 2. The van der Waals surface area contributed by atoms with Crippen molar-refractivity contribution < 1.29 is 35.8 Å². The zero-order valence-corrected chi connectivity index (χ0v) is 42.6. The molecule has 0 atom stereocenters. The minimum absolute atomic E-state index is 0. The monoisotopic (exact) mass is 1090 g/mol. The van der Waals surface area contributed by atoms with E-state index in [1.54, 1.807) is 24.4 Å². The Morgan fingerprint density at radius 1 is 0.828 bits per heavy atom. The molecule has 0 N–H and O–H groups in total. The van der Waals surface area contributed by atoms with Crippen molar-refractivity contribution in [3.63, 3.8) is 0 Å². The summed E-state index contributed by atoms with van der Waals surface area (Å²) in [5.41, 5.74) is 10.7. The number of fused-ring (bicyclic) bond motifs is 4. The Morgan fingerprint density at radius 2 is 1.53 bits per heavy atom. The van der Waals surface area contributed by atoms with Crippen molar-refractivity contribution in [1.82, 2.24) is 19.5 Å². The fourth-order valence-electron chi connectivity index (χ4n) is 8.11. The first-order valence-corrected chi connectivity index (χ1v) is 28.9. The normalized spacial score (nSPS) is 13.5.